The van der Waals surface area contributed by atoms with Crippen LogP contribution in [0.25, 0.3) is 0 Å². The van der Waals surface area contributed by atoms with Crippen molar-refractivity contribution in [1.29, 1.82) is 5.26 Å². The lowest BCUT2D eigenvalue weighted by Gasteiger charge is -2.17. The van der Waals surface area contributed by atoms with E-state index in [-0.39, 0.29) is 12.1 Å². The first-order chi connectivity index (χ1) is 7.17. The van der Waals surface area contributed by atoms with Crippen LogP contribution < -0.4 is 5.32 Å². The Kier molecular flexibility index (Phi) is 4.80. The highest BCUT2D eigenvalue weighted by molar-refractivity contribution is 9.10. The maximum Gasteiger partial charge on any atom is 0.0954 e. The van der Waals surface area contributed by atoms with Crippen LogP contribution in [0.15, 0.2) is 28.7 Å². The molecule has 0 heterocycles. The summed E-state index contributed by atoms with van der Waals surface area (Å²) in [6.07, 6.45) is 0.828. The molecule has 80 valence electrons. The number of halogens is 1. The zero-order valence-corrected chi connectivity index (χ0v) is 10.6. The monoisotopic (exact) mass is 266 g/mol. The van der Waals surface area contributed by atoms with Gasteiger partial charge < -0.3 is 0 Å². The molecule has 0 saturated heterocycles. The number of hydrogen-bond donors (Lipinski definition) is 1. The molecule has 0 bridgehead atoms. The van der Waals surface area contributed by atoms with E-state index in [1.165, 1.54) is 5.56 Å². The van der Waals surface area contributed by atoms with Crippen LogP contribution in [0.2, 0.25) is 0 Å². The molecule has 0 amide bonds. The molecule has 2 nitrogen and oxygen atoms in total. The third-order valence-corrected chi connectivity index (χ3v) is 2.86. The van der Waals surface area contributed by atoms with Crippen molar-refractivity contribution in [2.45, 2.75) is 32.4 Å². The van der Waals surface area contributed by atoms with E-state index in [4.69, 9.17) is 5.26 Å². The topological polar surface area (TPSA) is 35.8 Å². The van der Waals surface area contributed by atoms with Gasteiger partial charge in [0.05, 0.1) is 12.1 Å². The maximum atomic E-state index is 8.85. The van der Waals surface area contributed by atoms with Crippen LogP contribution in [0, 0.1) is 11.3 Å². The lowest BCUT2D eigenvalue weighted by molar-refractivity contribution is 0.508. The smallest absolute Gasteiger partial charge is 0.0954 e. The number of benzene rings is 1. The van der Waals surface area contributed by atoms with Gasteiger partial charge in [0.1, 0.15) is 0 Å². The summed E-state index contributed by atoms with van der Waals surface area (Å²) in [5.74, 6) is 0. The van der Waals surface area contributed by atoms with Crippen LogP contribution >= 0.6 is 15.9 Å². The quantitative estimate of drug-likeness (QED) is 0.907. The first-order valence-corrected chi connectivity index (χ1v) is 5.87. The molecule has 1 N–H and O–H groups in total. The Balaban J connectivity index is 2.69. The molecule has 0 saturated carbocycles. The first-order valence-electron chi connectivity index (χ1n) is 5.08. The summed E-state index contributed by atoms with van der Waals surface area (Å²) < 4.78 is 1.07. The van der Waals surface area contributed by atoms with E-state index in [0.717, 1.165) is 10.9 Å². The van der Waals surface area contributed by atoms with Gasteiger partial charge in [0.25, 0.3) is 0 Å². The van der Waals surface area contributed by atoms with E-state index in [9.17, 15) is 0 Å². The number of nitrogens with one attached hydrogen (secondary N) is 1. The number of nitrogens with zero attached hydrogens (tertiary/aromatic N) is 1. The molecular formula is C12H15BrN2. The molecule has 3 heteroatoms. The predicted molar refractivity (Wildman–Crippen MR) is 65.4 cm³/mol. The molecular weight excluding hydrogens is 252 g/mol. The second-order valence-electron chi connectivity index (χ2n) is 3.53. The van der Waals surface area contributed by atoms with E-state index in [1.807, 2.05) is 19.1 Å². The predicted octanol–water partition coefficient (Wildman–Crippen LogP) is 3.40. The van der Waals surface area contributed by atoms with E-state index < -0.39 is 0 Å². The normalized spacial score (nSPS) is 14.3. The zero-order valence-electron chi connectivity index (χ0n) is 9.00. The molecule has 0 aromatic heterocycles. The number of hydrogen-bond acceptors (Lipinski definition) is 2. The highest BCUT2D eigenvalue weighted by Crippen LogP contribution is 2.18. The fourth-order valence-corrected chi connectivity index (χ4v) is 1.84. The van der Waals surface area contributed by atoms with Gasteiger partial charge in [0.2, 0.25) is 0 Å². The Hall–Kier alpha value is -0.850. The van der Waals surface area contributed by atoms with Crippen molar-refractivity contribution in [3.63, 3.8) is 0 Å². The van der Waals surface area contributed by atoms with Gasteiger partial charge >= 0.3 is 0 Å². The van der Waals surface area contributed by atoms with Crippen molar-refractivity contribution >= 4 is 15.9 Å². The molecule has 0 spiro atoms. The molecule has 15 heavy (non-hydrogen) atoms. The SMILES string of the molecule is CCC(C#N)N[C@@H](C)c1cccc(Br)c1. The molecule has 1 unspecified atom stereocenters. The standard InChI is InChI=1S/C12H15BrN2/c1-3-12(8-14)15-9(2)10-5-4-6-11(13)7-10/h4-7,9,12,15H,3H2,1-2H3/t9-,12?/m0/s1. The summed E-state index contributed by atoms with van der Waals surface area (Å²) in [6.45, 7) is 4.08. The average Bonchev–Trinajstić information content (AvgIpc) is 2.25. The van der Waals surface area contributed by atoms with Crippen LogP contribution in [0.5, 0.6) is 0 Å². The fraction of sp³-hybridized carbons (Fsp3) is 0.417. The van der Waals surface area contributed by atoms with E-state index >= 15 is 0 Å². The van der Waals surface area contributed by atoms with Gasteiger partial charge in [-0.1, -0.05) is 35.0 Å². The summed E-state index contributed by atoms with van der Waals surface area (Å²) in [7, 11) is 0. The van der Waals surface area contributed by atoms with Crippen LogP contribution in [0.3, 0.4) is 0 Å². The Morgan fingerprint density at radius 1 is 1.53 bits per heavy atom. The van der Waals surface area contributed by atoms with Crippen molar-refractivity contribution in [1.82, 2.24) is 5.32 Å². The maximum absolute atomic E-state index is 8.85. The molecule has 1 rings (SSSR count). The number of nitriles is 1. The van der Waals surface area contributed by atoms with E-state index in [0.29, 0.717) is 0 Å². The van der Waals surface area contributed by atoms with E-state index in [2.05, 4.69) is 46.4 Å². The summed E-state index contributed by atoms with van der Waals surface area (Å²) in [5, 5.41) is 12.1. The average molecular weight is 267 g/mol. The van der Waals surface area contributed by atoms with Crippen LogP contribution in [0.1, 0.15) is 31.9 Å². The molecule has 2 atom stereocenters. The van der Waals surface area contributed by atoms with Gasteiger partial charge in [-0.25, -0.2) is 0 Å². The summed E-state index contributed by atoms with van der Waals surface area (Å²) in [4.78, 5) is 0. The minimum atomic E-state index is -0.0704. The Morgan fingerprint density at radius 3 is 2.80 bits per heavy atom. The second-order valence-corrected chi connectivity index (χ2v) is 4.45. The Morgan fingerprint density at radius 2 is 2.27 bits per heavy atom. The van der Waals surface area contributed by atoms with Gasteiger partial charge in [-0.3, -0.25) is 5.32 Å². The lowest BCUT2D eigenvalue weighted by atomic mass is 10.1. The third-order valence-electron chi connectivity index (χ3n) is 2.36. The highest BCUT2D eigenvalue weighted by Gasteiger charge is 2.10. The molecule has 0 aliphatic rings. The van der Waals surface area contributed by atoms with Gasteiger partial charge in [-0.15, -0.1) is 0 Å². The summed E-state index contributed by atoms with van der Waals surface area (Å²) in [6, 6.07) is 10.5. The first kappa shape index (κ1) is 12.2. The van der Waals surface area contributed by atoms with Crippen LogP contribution in [-0.4, -0.2) is 6.04 Å². The molecule has 0 fully saturated rings. The van der Waals surface area contributed by atoms with Gasteiger partial charge in [0, 0.05) is 10.5 Å². The van der Waals surface area contributed by atoms with E-state index in [1.54, 1.807) is 0 Å². The minimum Gasteiger partial charge on any atom is -0.295 e. The second kappa shape index (κ2) is 5.89. The summed E-state index contributed by atoms with van der Waals surface area (Å²) >= 11 is 3.44. The minimum absolute atomic E-state index is 0.0704. The third kappa shape index (κ3) is 3.65. The summed E-state index contributed by atoms with van der Waals surface area (Å²) in [5.41, 5.74) is 1.19. The van der Waals surface area contributed by atoms with Gasteiger partial charge in [0.15, 0.2) is 0 Å². The number of rotatable bonds is 4. The van der Waals surface area contributed by atoms with Crippen molar-refractivity contribution < 1.29 is 0 Å². The van der Waals surface area contributed by atoms with Crippen LogP contribution in [0.4, 0.5) is 0 Å². The largest absolute Gasteiger partial charge is 0.295 e. The molecule has 1 aromatic rings. The Bertz CT molecular complexity index is 357. The van der Waals surface area contributed by atoms with Crippen molar-refractivity contribution in [3.8, 4) is 6.07 Å². The molecule has 0 aliphatic heterocycles. The highest BCUT2D eigenvalue weighted by atomic mass is 79.9. The van der Waals surface area contributed by atoms with Crippen molar-refractivity contribution in [2.24, 2.45) is 0 Å². The fourth-order valence-electron chi connectivity index (χ4n) is 1.42. The van der Waals surface area contributed by atoms with Crippen LogP contribution in [-0.2, 0) is 0 Å². The van der Waals surface area contributed by atoms with Crippen molar-refractivity contribution in [2.75, 3.05) is 0 Å². The van der Waals surface area contributed by atoms with Gasteiger partial charge in [-0.2, -0.15) is 5.26 Å². The van der Waals surface area contributed by atoms with Gasteiger partial charge in [-0.05, 0) is 31.0 Å². The zero-order chi connectivity index (χ0) is 11.3. The molecule has 1 aromatic carbocycles. The molecule has 0 radical (unpaired) electrons. The Labute approximate surface area is 99.4 Å². The van der Waals surface area contributed by atoms with Crippen molar-refractivity contribution in [3.05, 3.63) is 34.3 Å². The molecule has 0 aliphatic carbocycles. The lowest BCUT2D eigenvalue weighted by Crippen LogP contribution is -2.29.